The molecule has 2 aliphatic rings. The maximum atomic E-state index is 15.2. The molecule has 38 heavy (non-hydrogen) atoms. The second-order valence-corrected chi connectivity index (χ2v) is 10.0. The van der Waals surface area contributed by atoms with Crippen molar-refractivity contribution in [2.75, 3.05) is 37.4 Å². The molecular weight excluding hydrogens is 547 g/mol. The number of rotatable bonds is 6. The Balaban J connectivity index is 1.73. The molecule has 2 aliphatic heterocycles. The number of carbonyl (C=O) groups excluding carboxylic acids is 1. The molecule has 2 aromatic rings. The molecule has 2 saturated heterocycles. The van der Waals surface area contributed by atoms with Gasteiger partial charge >= 0.3 is 6.18 Å². The molecule has 2 heterocycles. The molecule has 204 valence electrons. The Kier molecular flexibility index (Phi) is 8.25. The van der Waals surface area contributed by atoms with Crippen LogP contribution in [-0.4, -0.2) is 55.0 Å². The van der Waals surface area contributed by atoms with E-state index in [1.54, 1.807) is 0 Å². The SMILES string of the molecule is C=CC(=O)N1CCC(Nc2ccc(C(=NC3CCOCC3)C(F)(F)F)c(N)c2)(c2c(F)ccc(Cl)c2Cl)C1. The summed E-state index contributed by atoms with van der Waals surface area (Å²) in [5, 5.41) is 3.28. The highest BCUT2D eigenvalue weighted by Crippen LogP contribution is 2.43. The Hall–Kier alpha value is -2.82. The molecule has 1 amide bonds. The molecule has 2 aromatic carbocycles. The Labute approximate surface area is 227 Å². The van der Waals surface area contributed by atoms with Crippen LogP contribution in [0.4, 0.5) is 28.9 Å². The number of carbonyl (C=O) groups is 1. The molecule has 0 aromatic heterocycles. The highest BCUT2D eigenvalue weighted by molar-refractivity contribution is 6.42. The summed E-state index contributed by atoms with van der Waals surface area (Å²) in [4.78, 5) is 17.8. The third kappa shape index (κ3) is 5.77. The molecule has 4 rings (SSSR count). The number of nitrogens with zero attached hydrogens (tertiary/aromatic N) is 2. The van der Waals surface area contributed by atoms with E-state index in [1.165, 1.54) is 35.2 Å². The van der Waals surface area contributed by atoms with Crippen molar-refractivity contribution in [1.82, 2.24) is 4.90 Å². The van der Waals surface area contributed by atoms with E-state index >= 15 is 4.39 Å². The number of aliphatic imine (C=N–C) groups is 1. The van der Waals surface area contributed by atoms with Gasteiger partial charge in [0.15, 0.2) is 0 Å². The largest absolute Gasteiger partial charge is 0.433 e. The number of nitrogens with one attached hydrogen (secondary N) is 1. The van der Waals surface area contributed by atoms with Gasteiger partial charge in [-0.1, -0.05) is 29.8 Å². The van der Waals surface area contributed by atoms with E-state index in [2.05, 4.69) is 16.9 Å². The van der Waals surface area contributed by atoms with Crippen LogP contribution in [0.2, 0.25) is 10.0 Å². The van der Waals surface area contributed by atoms with Gasteiger partial charge in [-0.3, -0.25) is 9.79 Å². The van der Waals surface area contributed by atoms with Crippen LogP contribution in [0.5, 0.6) is 0 Å². The van der Waals surface area contributed by atoms with Crippen LogP contribution in [0.1, 0.15) is 30.4 Å². The quantitative estimate of drug-likeness (QED) is 0.147. The molecule has 0 bridgehead atoms. The summed E-state index contributed by atoms with van der Waals surface area (Å²) < 4.78 is 62.3. The Bertz CT molecular complexity index is 1260. The van der Waals surface area contributed by atoms with Crippen LogP contribution in [0.3, 0.4) is 0 Å². The van der Waals surface area contributed by atoms with Gasteiger partial charge in [-0.25, -0.2) is 4.39 Å². The average Bonchev–Trinajstić information content (AvgIpc) is 3.29. The van der Waals surface area contributed by atoms with E-state index in [-0.39, 0.29) is 52.3 Å². The van der Waals surface area contributed by atoms with Crippen molar-refractivity contribution in [2.24, 2.45) is 4.99 Å². The molecule has 12 heteroatoms. The normalized spacial score (nSPS) is 21.0. The summed E-state index contributed by atoms with van der Waals surface area (Å²) in [6, 6.07) is 5.94. The van der Waals surface area contributed by atoms with Gasteiger partial charge in [-0.05, 0) is 55.7 Å². The maximum Gasteiger partial charge on any atom is 0.433 e. The van der Waals surface area contributed by atoms with E-state index in [4.69, 9.17) is 33.7 Å². The minimum absolute atomic E-state index is 0.00943. The molecule has 0 aliphatic carbocycles. The fourth-order valence-electron chi connectivity index (χ4n) is 4.89. The van der Waals surface area contributed by atoms with Crippen LogP contribution in [-0.2, 0) is 15.1 Å². The Morgan fingerprint density at radius 3 is 2.58 bits per heavy atom. The second kappa shape index (κ2) is 11.1. The van der Waals surface area contributed by atoms with Gasteiger partial charge in [0.05, 0.1) is 21.6 Å². The number of alkyl halides is 3. The zero-order valence-corrected chi connectivity index (χ0v) is 21.8. The van der Waals surface area contributed by atoms with Gasteiger partial charge in [0.1, 0.15) is 11.5 Å². The van der Waals surface area contributed by atoms with Crippen LogP contribution < -0.4 is 11.1 Å². The van der Waals surface area contributed by atoms with Crippen molar-refractivity contribution in [1.29, 1.82) is 0 Å². The van der Waals surface area contributed by atoms with Crippen molar-refractivity contribution in [3.63, 3.8) is 0 Å². The van der Waals surface area contributed by atoms with Crippen molar-refractivity contribution < 1.29 is 27.1 Å². The van der Waals surface area contributed by atoms with Crippen molar-refractivity contribution in [3.05, 3.63) is 70.0 Å². The monoisotopic (exact) mass is 572 g/mol. The number of hydrogen-bond acceptors (Lipinski definition) is 5. The predicted molar refractivity (Wildman–Crippen MR) is 140 cm³/mol. The van der Waals surface area contributed by atoms with E-state index in [0.717, 1.165) is 6.08 Å². The summed E-state index contributed by atoms with van der Waals surface area (Å²) in [6.45, 7) is 4.44. The lowest BCUT2D eigenvalue weighted by Gasteiger charge is -2.34. The third-order valence-electron chi connectivity index (χ3n) is 6.74. The third-order valence-corrected chi connectivity index (χ3v) is 7.54. The van der Waals surface area contributed by atoms with Crippen molar-refractivity contribution >= 4 is 46.2 Å². The number of likely N-dealkylation sites (tertiary alicyclic amines) is 1. The minimum Gasteiger partial charge on any atom is -0.398 e. The standard InChI is InChI=1S/C26H26Cl2F4N4O2/c1-2-21(37)36-10-9-25(14-36,22-19(29)6-5-18(27)23(22)28)35-16-3-4-17(20(33)13-16)24(26(30,31)32)34-15-7-11-38-12-8-15/h2-6,13,15,35H,1,7-12,14,33H2. The van der Waals surface area contributed by atoms with Crippen molar-refractivity contribution in [3.8, 4) is 0 Å². The smallest absolute Gasteiger partial charge is 0.398 e. The Morgan fingerprint density at radius 1 is 1.24 bits per heavy atom. The van der Waals surface area contributed by atoms with Crippen LogP contribution in [0, 0.1) is 5.82 Å². The summed E-state index contributed by atoms with van der Waals surface area (Å²) in [6.07, 6.45) is -2.57. The van der Waals surface area contributed by atoms with Gasteiger partial charge in [0.25, 0.3) is 0 Å². The summed E-state index contributed by atoms with van der Waals surface area (Å²) >= 11 is 12.6. The fourth-order valence-corrected chi connectivity index (χ4v) is 5.38. The number of anilines is 2. The molecule has 0 radical (unpaired) electrons. The van der Waals surface area contributed by atoms with Crippen LogP contribution in [0.25, 0.3) is 0 Å². The predicted octanol–water partition coefficient (Wildman–Crippen LogP) is 5.97. The summed E-state index contributed by atoms with van der Waals surface area (Å²) in [5.74, 6) is -1.01. The zero-order valence-electron chi connectivity index (χ0n) is 20.3. The summed E-state index contributed by atoms with van der Waals surface area (Å²) in [5.41, 5.74) is 3.75. The van der Waals surface area contributed by atoms with Gasteiger partial charge in [0, 0.05) is 48.8 Å². The van der Waals surface area contributed by atoms with E-state index < -0.39 is 29.3 Å². The topological polar surface area (TPSA) is 80.0 Å². The van der Waals surface area contributed by atoms with E-state index in [1.807, 2.05) is 0 Å². The van der Waals surface area contributed by atoms with Gasteiger partial charge in [-0.2, -0.15) is 13.2 Å². The fraction of sp³-hybridized carbons (Fsp3) is 0.385. The molecule has 2 fully saturated rings. The molecule has 1 atom stereocenters. The lowest BCUT2D eigenvalue weighted by molar-refractivity contribution is -0.125. The number of amides is 1. The maximum absolute atomic E-state index is 15.2. The van der Waals surface area contributed by atoms with Crippen LogP contribution >= 0.6 is 23.2 Å². The minimum atomic E-state index is -4.73. The lowest BCUT2D eigenvalue weighted by Crippen LogP contribution is -2.41. The molecule has 6 nitrogen and oxygen atoms in total. The number of nitrogens with two attached hydrogens (primary N) is 1. The number of halogens is 6. The van der Waals surface area contributed by atoms with Crippen LogP contribution in [0.15, 0.2) is 48.0 Å². The number of hydrogen-bond donors (Lipinski definition) is 2. The Morgan fingerprint density at radius 2 is 1.95 bits per heavy atom. The molecular formula is C26H26Cl2F4N4O2. The first-order chi connectivity index (χ1) is 17.9. The van der Waals surface area contributed by atoms with Gasteiger partial charge < -0.3 is 20.7 Å². The first-order valence-corrected chi connectivity index (χ1v) is 12.7. The number of benzene rings is 2. The first kappa shape index (κ1) is 28.2. The average molecular weight is 573 g/mol. The second-order valence-electron chi connectivity index (χ2n) is 9.26. The molecule has 3 N–H and O–H groups in total. The molecule has 0 spiro atoms. The molecule has 1 unspecified atom stereocenters. The van der Waals surface area contributed by atoms with Crippen molar-refractivity contribution in [2.45, 2.75) is 37.0 Å². The highest BCUT2D eigenvalue weighted by Gasteiger charge is 2.45. The lowest BCUT2D eigenvalue weighted by atomic mass is 9.87. The van der Waals surface area contributed by atoms with E-state index in [0.29, 0.717) is 31.7 Å². The first-order valence-electron chi connectivity index (χ1n) is 11.9. The molecule has 0 saturated carbocycles. The summed E-state index contributed by atoms with van der Waals surface area (Å²) in [7, 11) is 0. The van der Waals surface area contributed by atoms with Gasteiger partial charge in [0.2, 0.25) is 5.91 Å². The van der Waals surface area contributed by atoms with E-state index in [9.17, 15) is 18.0 Å². The van der Waals surface area contributed by atoms with Gasteiger partial charge in [-0.15, -0.1) is 0 Å². The highest BCUT2D eigenvalue weighted by atomic mass is 35.5. The number of nitrogen functional groups attached to an aromatic ring is 1. The zero-order chi connectivity index (χ0) is 27.7. The number of ether oxygens (including phenoxy) is 1.